The molecule has 0 radical (unpaired) electrons. The van der Waals surface area contributed by atoms with E-state index in [-0.39, 0.29) is 17.0 Å². The number of carbonyl (C=O) groups excluding carboxylic acids is 1. The van der Waals surface area contributed by atoms with Crippen molar-refractivity contribution in [3.8, 4) is 0 Å². The van der Waals surface area contributed by atoms with Crippen LogP contribution in [0.2, 0.25) is 0 Å². The quantitative estimate of drug-likeness (QED) is 0.514. The molecule has 0 saturated heterocycles. The molecule has 6 heteroatoms. The summed E-state index contributed by atoms with van der Waals surface area (Å²) in [7, 11) is 1.72. The number of hydrogen-bond acceptors (Lipinski definition) is 4. The van der Waals surface area contributed by atoms with Crippen LogP contribution >= 0.6 is 11.8 Å². The monoisotopic (exact) mass is 355 g/mol. The summed E-state index contributed by atoms with van der Waals surface area (Å²) >= 11 is 1.41. The summed E-state index contributed by atoms with van der Waals surface area (Å²) in [6.45, 7) is 2.22. The topological polar surface area (TPSA) is 46.1 Å². The number of para-hydroxylation sites is 1. The van der Waals surface area contributed by atoms with Gasteiger partial charge in [0.05, 0.1) is 10.8 Å². The summed E-state index contributed by atoms with van der Waals surface area (Å²) in [6, 6.07) is 14.0. The fourth-order valence-corrected chi connectivity index (χ4v) is 3.61. The van der Waals surface area contributed by atoms with Crippen molar-refractivity contribution in [2.45, 2.75) is 23.7 Å². The zero-order valence-corrected chi connectivity index (χ0v) is 14.8. The van der Waals surface area contributed by atoms with Gasteiger partial charge < -0.3 is 4.90 Å². The molecule has 25 heavy (non-hydrogen) atoms. The predicted molar refractivity (Wildman–Crippen MR) is 97.7 cm³/mol. The first kappa shape index (κ1) is 17.4. The van der Waals surface area contributed by atoms with Crippen LogP contribution in [0.3, 0.4) is 0 Å². The molecule has 0 spiro atoms. The van der Waals surface area contributed by atoms with E-state index in [1.807, 2.05) is 37.3 Å². The summed E-state index contributed by atoms with van der Waals surface area (Å²) in [6.07, 6.45) is 1.51. The molecule has 1 atom stereocenters. The number of hydrogen-bond donors (Lipinski definition) is 0. The van der Waals surface area contributed by atoms with E-state index < -0.39 is 0 Å². The minimum atomic E-state index is -0.308. The summed E-state index contributed by atoms with van der Waals surface area (Å²) in [4.78, 5) is 22.8. The van der Waals surface area contributed by atoms with Crippen molar-refractivity contribution >= 4 is 28.6 Å². The minimum absolute atomic E-state index is 0.0306. The van der Waals surface area contributed by atoms with Crippen LogP contribution in [0.25, 0.3) is 10.9 Å². The molecular formula is C19H18FN3OS. The Morgan fingerprint density at radius 1 is 1.20 bits per heavy atom. The van der Waals surface area contributed by atoms with E-state index in [1.54, 1.807) is 18.0 Å². The van der Waals surface area contributed by atoms with Crippen LogP contribution < -0.4 is 0 Å². The zero-order valence-electron chi connectivity index (χ0n) is 14.0. The average Bonchev–Trinajstić information content (AvgIpc) is 2.61. The van der Waals surface area contributed by atoms with Crippen LogP contribution in [0, 0.1) is 5.82 Å². The Labute approximate surface area is 150 Å². The van der Waals surface area contributed by atoms with Crippen molar-refractivity contribution in [1.29, 1.82) is 0 Å². The molecule has 0 bridgehead atoms. The van der Waals surface area contributed by atoms with Gasteiger partial charge in [0.15, 0.2) is 0 Å². The third-order valence-electron chi connectivity index (χ3n) is 3.83. The molecule has 3 aromatic rings. The number of aromatic nitrogens is 2. The number of carbonyl (C=O) groups is 1. The third-order valence-corrected chi connectivity index (χ3v) is 4.93. The molecule has 2 aromatic carbocycles. The van der Waals surface area contributed by atoms with Gasteiger partial charge in [-0.05, 0) is 30.7 Å². The molecule has 0 unspecified atom stereocenters. The Morgan fingerprint density at radius 2 is 2.00 bits per heavy atom. The molecule has 0 fully saturated rings. The number of amides is 1. The lowest BCUT2D eigenvalue weighted by Gasteiger charge is -2.21. The molecule has 0 saturated carbocycles. The summed E-state index contributed by atoms with van der Waals surface area (Å²) in [5, 5.41) is 1.41. The first-order chi connectivity index (χ1) is 12.0. The number of nitrogens with zero attached hydrogens (tertiary/aromatic N) is 3. The maximum absolute atomic E-state index is 13.3. The number of halogens is 1. The molecule has 0 aliphatic rings. The SMILES string of the molecule is C[C@@H](Sc1ncnc2ccccc12)C(=O)N(C)Cc1cccc(F)c1. The van der Waals surface area contributed by atoms with Crippen LogP contribution in [0.1, 0.15) is 12.5 Å². The summed E-state index contributed by atoms with van der Waals surface area (Å²) in [5.41, 5.74) is 1.62. The highest BCUT2D eigenvalue weighted by Gasteiger charge is 2.20. The Morgan fingerprint density at radius 3 is 2.80 bits per heavy atom. The average molecular weight is 355 g/mol. The van der Waals surface area contributed by atoms with Crippen LogP contribution in [-0.2, 0) is 11.3 Å². The number of benzene rings is 2. The molecular weight excluding hydrogens is 337 g/mol. The highest BCUT2D eigenvalue weighted by molar-refractivity contribution is 8.00. The third kappa shape index (κ3) is 4.14. The van der Waals surface area contributed by atoms with Gasteiger partial charge in [-0.2, -0.15) is 0 Å². The standard InChI is InChI=1S/C19H18FN3OS/c1-13(19(24)23(2)11-14-6-5-7-15(20)10-14)25-18-16-8-3-4-9-17(16)21-12-22-18/h3-10,12-13H,11H2,1-2H3/t13-/m1/s1. The van der Waals surface area contributed by atoms with Gasteiger partial charge in [-0.25, -0.2) is 14.4 Å². The van der Waals surface area contributed by atoms with E-state index in [9.17, 15) is 9.18 Å². The number of rotatable bonds is 5. The maximum Gasteiger partial charge on any atom is 0.235 e. The lowest BCUT2D eigenvalue weighted by molar-refractivity contribution is -0.129. The largest absolute Gasteiger partial charge is 0.340 e. The van der Waals surface area contributed by atoms with Gasteiger partial charge in [0.2, 0.25) is 5.91 Å². The molecule has 1 heterocycles. The molecule has 1 aromatic heterocycles. The summed E-state index contributed by atoms with van der Waals surface area (Å²) in [5.74, 6) is -0.329. The first-order valence-corrected chi connectivity index (χ1v) is 8.78. The van der Waals surface area contributed by atoms with Gasteiger partial charge in [0.1, 0.15) is 17.2 Å². The molecule has 0 aliphatic carbocycles. The molecule has 3 rings (SSSR count). The van der Waals surface area contributed by atoms with Gasteiger partial charge >= 0.3 is 0 Å². The highest BCUT2D eigenvalue weighted by Crippen LogP contribution is 2.28. The molecule has 0 N–H and O–H groups in total. The normalized spacial score (nSPS) is 12.1. The molecule has 128 valence electrons. The van der Waals surface area contributed by atoms with Gasteiger partial charge in [-0.3, -0.25) is 4.79 Å². The van der Waals surface area contributed by atoms with Crippen molar-refractivity contribution in [3.63, 3.8) is 0 Å². The number of fused-ring (bicyclic) bond motifs is 1. The Hall–Kier alpha value is -2.47. The van der Waals surface area contributed by atoms with Gasteiger partial charge in [0.25, 0.3) is 0 Å². The van der Waals surface area contributed by atoms with Crippen molar-refractivity contribution in [2.24, 2.45) is 0 Å². The second-order valence-corrected chi connectivity index (χ2v) is 7.11. The second kappa shape index (κ2) is 7.61. The van der Waals surface area contributed by atoms with E-state index in [0.29, 0.717) is 6.54 Å². The Kier molecular flexibility index (Phi) is 5.28. The zero-order chi connectivity index (χ0) is 17.8. The van der Waals surface area contributed by atoms with Crippen LogP contribution in [0.4, 0.5) is 4.39 Å². The number of thioether (sulfide) groups is 1. The fourth-order valence-electron chi connectivity index (χ4n) is 2.59. The van der Waals surface area contributed by atoms with Crippen molar-refractivity contribution in [1.82, 2.24) is 14.9 Å². The summed E-state index contributed by atoms with van der Waals surface area (Å²) < 4.78 is 13.3. The molecule has 0 aliphatic heterocycles. The second-order valence-electron chi connectivity index (χ2n) is 5.78. The van der Waals surface area contributed by atoms with Gasteiger partial charge in [-0.15, -0.1) is 0 Å². The minimum Gasteiger partial charge on any atom is -0.340 e. The fraction of sp³-hybridized carbons (Fsp3) is 0.211. The molecule has 4 nitrogen and oxygen atoms in total. The Balaban J connectivity index is 1.71. The van der Waals surface area contributed by atoms with Crippen LogP contribution in [-0.4, -0.2) is 33.1 Å². The lowest BCUT2D eigenvalue weighted by atomic mass is 10.2. The first-order valence-electron chi connectivity index (χ1n) is 7.90. The van der Waals surface area contributed by atoms with Crippen molar-refractivity contribution in [2.75, 3.05) is 7.05 Å². The van der Waals surface area contributed by atoms with E-state index in [0.717, 1.165) is 21.5 Å². The maximum atomic E-state index is 13.3. The van der Waals surface area contributed by atoms with E-state index in [2.05, 4.69) is 9.97 Å². The van der Waals surface area contributed by atoms with Crippen molar-refractivity contribution < 1.29 is 9.18 Å². The smallest absolute Gasteiger partial charge is 0.235 e. The molecule has 1 amide bonds. The van der Waals surface area contributed by atoms with Crippen LogP contribution in [0.15, 0.2) is 59.9 Å². The predicted octanol–water partition coefficient (Wildman–Crippen LogP) is 3.91. The van der Waals surface area contributed by atoms with Crippen LogP contribution in [0.5, 0.6) is 0 Å². The lowest BCUT2D eigenvalue weighted by Crippen LogP contribution is -2.32. The van der Waals surface area contributed by atoms with Crippen molar-refractivity contribution in [3.05, 3.63) is 66.2 Å². The highest BCUT2D eigenvalue weighted by atomic mass is 32.2. The van der Waals surface area contributed by atoms with Gasteiger partial charge in [0, 0.05) is 19.0 Å². The van der Waals surface area contributed by atoms with E-state index in [4.69, 9.17) is 0 Å². The van der Waals surface area contributed by atoms with E-state index in [1.165, 1.54) is 30.2 Å². The Bertz CT molecular complexity index is 897. The van der Waals surface area contributed by atoms with Gasteiger partial charge in [-0.1, -0.05) is 42.1 Å². The van der Waals surface area contributed by atoms with E-state index >= 15 is 0 Å².